The van der Waals surface area contributed by atoms with E-state index in [4.69, 9.17) is 4.74 Å². The van der Waals surface area contributed by atoms with Crippen LogP contribution in [0.25, 0.3) is 11.1 Å². The van der Waals surface area contributed by atoms with Gasteiger partial charge in [-0.25, -0.2) is 0 Å². The standard InChI is InChI=1S/C29H32F3NO4S/c1-18(2)5-12-24(25-13-14-26(38-25)28(35)33-16-15-27(34)36-4)37-22-10-11-23(19(3)17-22)20-6-8-21(9-7-20)29(30,31)32/h6-11,13-14,17-18,24H,5,12,15-16H2,1-4H3,(H,33,35). The van der Waals surface area contributed by atoms with Crippen LogP contribution in [0.2, 0.25) is 0 Å². The minimum atomic E-state index is -4.37. The van der Waals surface area contributed by atoms with Gasteiger partial charge in [0.05, 0.1) is 24.0 Å². The average Bonchev–Trinajstić information content (AvgIpc) is 3.36. The van der Waals surface area contributed by atoms with Gasteiger partial charge in [0.2, 0.25) is 0 Å². The first kappa shape index (κ1) is 29.2. The Morgan fingerprint density at radius 2 is 1.71 bits per heavy atom. The lowest BCUT2D eigenvalue weighted by Crippen LogP contribution is -2.25. The molecule has 38 heavy (non-hydrogen) atoms. The van der Waals surface area contributed by atoms with Gasteiger partial charge in [-0.2, -0.15) is 13.2 Å². The van der Waals surface area contributed by atoms with E-state index >= 15 is 0 Å². The molecular formula is C29H32F3NO4S. The lowest BCUT2D eigenvalue weighted by atomic mass is 9.99. The molecule has 1 unspecified atom stereocenters. The van der Waals surface area contributed by atoms with E-state index in [1.165, 1.54) is 30.6 Å². The molecule has 1 amide bonds. The zero-order valence-corrected chi connectivity index (χ0v) is 22.7. The summed E-state index contributed by atoms with van der Waals surface area (Å²) in [6, 6.07) is 14.3. The van der Waals surface area contributed by atoms with Gasteiger partial charge < -0.3 is 14.8 Å². The summed E-state index contributed by atoms with van der Waals surface area (Å²) in [5.74, 6) is 0.457. The summed E-state index contributed by atoms with van der Waals surface area (Å²) in [7, 11) is 1.30. The monoisotopic (exact) mass is 547 g/mol. The molecule has 5 nitrogen and oxygen atoms in total. The number of rotatable bonds is 11. The van der Waals surface area contributed by atoms with Crippen molar-refractivity contribution in [1.29, 1.82) is 0 Å². The van der Waals surface area contributed by atoms with Gasteiger partial charge in [0.1, 0.15) is 11.9 Å². The third kappa shape index (κ3) is 8.08. The Morgan fingerprint density at radius 1 is 1.00 bits per heavy atom. The fourth-order valence-corrected chi connectivity index (χ4v) is 4.88. The van der Waals surface area contributed by atoms with Crippen molar-refractivity contribution < 1.29 is 32.2 Å². The van der Waals surface area contributed by atoms with E-state index in [2.05, 4.69) is 23.9 Å². The first-order valence-corrected chi connectivity index (χ1v) is 13.2. The highest BCUT2D eigenvalue weighted by Gasteiger charge is 2.30. The second kappa shape index (κ2) is 13.0. The Labute approximate surface area is 225 Å². The molecule has 204 valence electrons. The van der Waals surface area contributed by atoms with Gasteiger partial charge in [-0.05, 0) is 78.8 Å². The largest absolute Gasteiger partial charge is 0.485 e. The normalized spacial score (nSPS) is 12.3. The van der Waals surface area contributed by atoms with Crippen LogP contribution in [0.15, 0.2) is 54.6 Å². The molecule has 0 aliphatic rings. The number of benzene rings is 2. The highest BCUT2D eigenvalue weighted by Crippen LogP contribution is 2.35. The Bertz CT molecular complexity index is 1240. The van der Waals surface area contributed by atoms with Crippen LogP contribution >= 0.6 is 11.3 Å². The van der Waals surface area contributed by atoms with Crippen LogP contribution in [0.4, 0.5) is 13.2 Å². The summed E-state index contributed by atoms with van der Waals surface area (Å²) in [6.45, 7) is 6.35. The average molecular weight is 548 g/mol. The van der Waals surface area contributed by atoms with E-state index < -0.39 is 11.7 Å². The van der Waals surface area contributed by atoms with Gasteiger partial charge in [-0.3, -0.25) is 9.59 Å². The number of thiophene rings is 1. The van der Waals surface area contributed by atoms with Crippen LogP contribution in [-0.2, 0) is 15.7 Å². The Hall–Kier alpha value is -3.33. The van der Waals surface area contributed by atoms with Gasteiger partial charge in [0.25, 0.3) is 5.91 Å². The van der Waals surface area contributed by atoms with Crippen LogP contribution < -0.4 is 10.1 Å². The predicted octanol–water partition coefficient (Wildman–Crippen LogP) is 7.59. The van der Waals surface area contributed by atoms with Gasteiger partial charge >= 0.3 is 12.1 Å². The van der Waals surface area contributed by atoms with E-state index in [0.29, 0.717) is 22.1 Å². The SMILES string of the molecule is COC(=O)CCNC(=O)c1ccc(C(CCC(C)C)Oc2ccc(-c3ccc(C(F)(F)F)cc3)c(C)c2)s1. The molecule has 0 spiro atoms. The molecule has 0 bridgehead atoms. The zero-order valence-electron chi connectivity index (χ0n) is 21.9. The van der Waals surface area contributed by atoms with Crippen molar-refractivity contribution in [2.75, 3.05) is 13.7 Å². The molecule has 0 radical (unpaired) electrons. The van der Waals surface area contributed by atoms with Gasteiger partial charge in [-0.15, -0.1) is 11.3 Å². The maximum absolute atomic E-state index is 12.9. The van der Waals surface area contributed by atoms with Crippen molar-refractivity contribution in [2.24, 2.45) is 5.92 Å². The van der Waals surface area contributed by atoms with Gasteiger partial charge in [0.15, 0.2) is 0 Å². The summed E-state index contributed by atoms with van der Waals surface area (Å²) in [4.78, 5) is 25.2. The van der Waals surface area contributed by atoms with E-state index in [1.54, 1.807) is 6.07 Å². The third-order valence-electron chi connectivity index (χ3n) is 6.02. The molecule has 1 heterocycles. The molecule has 1 aromatic heterocycles. The number of ether oxygens (including phenoxy) is 2. The first-order valence-electron chi connectivity index (χ1n) is 12.4. The molecule has 1 N–H and O–H groups in total. The highest BCUT2D eigenvalue weighted by atomic mass is 32.1. The van der Waals surface area contributed by atoms with Crippen molar-refractivity contribution in [2.45, 2.75) is 52.3 Å². The second-order valence-corrected chi connectivity index (χ2v) is 10.5. The Morgan fingerprint density at radius 3 is 2.32 bits per heavy atom. The van der Waals surface area contributed by atoms with Crippen LogP contribution in [0.1, 0.15) is 64.9 Å². The molecule has 3 rings (SSSR count). The number of nitrogens with one attached hydrogen (secondary N) is 1. The zero-order chi connectivity index (χ0) is 27.9. The first-order chi connectivity index (χ1) is 18.0. The Balaban J connectivity index is 1.75. The molecule has 2 aromatic carbocycles. The summed E-state index contributed by atoms with van der Waals surface area (Å²) in [5.41, 5.74) is 1.72. The topological polar surface area (TPSA) is 64.6 Å². The molecule has 0 saturated heterocycles. The van der Waals surface area contributed by atoms with Gasteiger partial charge in [0, 0.05) is 11.4 Å². The van der Waals surface area contributed by atoms with E-state index in [-0.39, 0.29) is 30.9 Å². The number of halogens is 3. The van der Waals surface area contributed by atoms with Crippen molar-refractivity contribution >= 4 is 23.2 Å². The number of hydrogen-bond donors (Lipinski definition) is 1. The molecule has 1 atom stereocenters. The van der Waals surface area contributed by atoms with E-state index in [9.17, 15) is 22.8 Å². The number of methoxy groups -OCH3 is 1. The summed E-state index contributed by atoms with van der Waals surface area (Å²) in [5, 5.41) is 2.72. The quantitative estimate of drug-likeness (QED) is 0.251. The van der Waals surface area contributed by atoms with Crippen molar-refractivity contribution in [3.8, 4) is 16.9 Å². The van der Waals surface area contributed by atoms with Crippen LogP contribution in [-0.4, -0.2) is 25.5 Å². The summed E-state index contributed by atoms with van der Waals surface area (Å²) in [6.07, 6.45) is -2.87. The minimum Gasteiger partial charge on any atom is -0.485 e. The molecule has 0 saturated carbocycles. The molecule has 0 fully saturated rings. The second-order valence-electron chi connectivity index (χ2n) is 9.41. The summed E-state index contributed by atoms with van der Waals surface area (Å²) < 4.78 is 49.7. The predicted molar refractivity (Wildman–Crippen MR) is 142 cm³/mol. The smallest absolute Gasteiger partial charge is 0.416 e. The van der Waals surface area contributed by atoms with Crippen LogP contribution in [0.3, 0.4) is 0 Å². The number of carbonyl (C=O) groups is 2. The number of hydrogen-bond acceptors (Lipinski definition) is 5. The Kier molecular flexibility index (Phi) is 9.96. The maximum Gasteiger partial charge on any atom is 0.416 e. The number of carbonyl (C=O) groups excluding carboxylic acids is 2. The van der Waals surface area contributed by atoms with Crippen molar-refractivity contribution in [3.63, 3.8) is 0 Å². The lowest BCUT2D eigenvalue weighted by molar-refractivity contribution is -0.140. The lowest BCUT2D eigenvalue weighted by Gasteiger charge is -2.20. The molecular weight excluding hydrogens is 515 g/mol. The van der Waals surface area contributed by atoms with E-state index in [0.717, 1.165) is 41.0 Å². The third-order valence-corrected chi connectivity index (χ3v) is 7.19. The minimum absolute atomic E-state index is 0.0996. The van der Waals surface area contributed by atoms with Crippen LogP contribution in [0.5, 0.6) is 5.75 Å². The van der Waals surface area contributed by atoms with E-state index in [1.807, 2.05) is 31.2 Å². The van der Waals surface area contributed by atoms with Gasteiger partial charge in [-0.1, -0.05) is 32.0 Å². The van der Waals surface area contributed by atoms with Crippen LogP contribution in [0, 0.1) is 12.8 Å². The maximum atomic E-state index is 12.9. The number of amides is 1. The number of aryl methyl sites for hydroxylation is 1. The molecule has 3 aromatic rings. The van der Waals surface area contributed by atoms with Crippen molar-refractivity contribution in [3.05, 3.63) is 75.5 Å². The highest BCUT2D eigenvalue weighted by molar-refractivity contribution is 7.14. The fraction of sp³-hybridized carbons (Fsp3) is 0.379. The fourth-order valence-electron chi connectivity index (χ4n) is 3.90. The number of alkyl halides is 3. The van der Waals surface area contributed by atoms with Crippen molar-refractivity contribution in [1.82, 2.24) is 5.32 Å². The number of esters is 1. The molecule has 0 aliphatic heterocycles. The molecule has 0 aliphatic carbocycles. The summed E-state index contributed by atoms with van der Waals surface area (Å²) >= 11 is 1.35. The molecule has 9 heteroatoms.